The lowest BCUT2D eigenvalue weighted by Crippen LogP contribution is -3.17. The highest BCUT2D eigenvalue weighted by Crippen LogP contribution is 2.27. The lowest BCUT2D eigenvalue weighted by Gasteiger charge is -2.35. The van der Waals surface area contributed by atoms with E-state index in [0.717, 1.165) is 42.9 Å². The summed E-state index contributed by atoms with van der Waals surface area (Å²) in [4.78, 5) is 3.60. The van der Waals surface area contributed by atoms with Gasteiger partial charge in [-0.3, -0.25) is 4.90 Å². The van der Waals surface area contributed by atoms with Gasteiger partial charge in [0, 0.05) is 6.42 Å². The number of ether oxygens (including phenoxy) is 1. The van der Waals surface area contributed by atoms with Crippen molar-refractivity contribution >= 4 is 23.0 Å². The average molecular weight is 342 g/mol. The molecule has 1 unspecified atom stereocenters. The third-order valence-electron chi connectivity index (χ3n) is 4.18. The van der Waals surface area contributed by atoms with Gasteiger partial charge in [0.2, 0.25) is 0 Å². The van der Waals surface area contributed by atoms with E-state index in [1.165, 1.54) is 10.5 Å². The number of quaternary nitrogens is 1. The summed E-state index contributed by atoms with van der Waals surface area (Å²) < 4.78 is 5.76. The van der Waals surface area contributed by atoms with Crippen LogP contribution in [0.25, 0.3) is 0 Å². The SMILES string of the molecule is CCOc1ccccc1N1C[NH+](CCc2ccccc2)CNC1=S. The van der Waals surface area contributed by atoms with Crippen LogP contribution in [0.4, 0.5) is 5.69 Å². The van der Waals surface area contributed by atoms with Crippen molar-refractivity contribution < 1.29 is 9.64 Å². The summed E-state index contributed by atoms with van der Waals surface area (Å²) in [6.45, 7) is 5.42. The Hall–Kier alpha value is -2.11. The topological polar surface area (TPSA) is 28.9 Å². The van der Waals surface area contributed by atoms with E-state index in [9.17, 15) is 0 Å². The lowest BCUT2D eigenvalue weighted by atomic mass is 10.1. The van der Waals surface area contributed by atoms with Crippen LogP contribution in [0.5, 0.6) is 5.75 Å². The van der Waals surface area contributed by atoms with Gasteiger partial charge in [-0.2, -0.15) is 0 Å². The molecule has 126 valence electrons. The molecule has 2 aromatic carbocycles. The number of rotatable bonds is 6. The van der Waals surface area contributed by atoms with E-state index in [0.29, 0.717) is 6.61 Å². The highest BCUT2D eigenvalue weighted by Gasteiger charge is 2.26. The first-order chi connectivity index (χ1) is 11.8. The van der Waals surface area contributed by atoms with Crippen molar-refractivity contribution in [2.24, 2.45) is 0 Å². The molecule has 24 heavy (non-hydrogen) atoms. The van der Waals surface area contributed by atoms with E-state index < -0.39 is 0 Å². The van der Waals surface area contributed by atoms with Crippen LogP contribution in [0.3, 0.4) is 0 Å². The Morgan fingerprint density at radius 2 is 1.88 bits per heavy atom. The van der Waals surface area contributed by atoms with Crippen LogP contribution in [0.1, 0.15) is 12.5 Å². The number of nitrogens with zero attached hydrogens (tertiary/aromatic N) is 1. The van der Waals surface area contributed by atoms with Crippen LogP contribution in [0, 0.1) is 0 Å². The van der Waals surface area contributed by atoms with Gasteiger partial charge in [-0.1, -0.05) is 42.5 Å². The van der Waals surface area contributed by atoms with Gasteiger partial charge in [0.25, 0.3) is 0 Å². The van der Waals surface area contributed by atoms with Gasteiger partial charge in [-0.25, -0.2) is 0 Å². The van der Waals surface area contributed by atoms with Crippen molar-refractivity contribution in [2.45, 2.75) is 13.3 Å². The average Bonchev–Trinajstić information content (AvgIpc) is 2.63. The summed E-state index contributed by atoms with van der Waals surface area (Å²) in [6, 6.07) is 18.7. The molecule has 1 aliphatic rings. The lowest BCUT2D eigenvalue weighted by molar-refractivity contribution is -0.902. The number of benzene rings is 2. The maximum atomic E-state index is 5.76. The van der Waals surface area contributed by atoms with Crippen molar-refractivity contribution in [1.29, 1.82) is 0 Å². The summed E-state index contributed by atoms with van der Waals surface area (Å²) in [7, 11) is 0. The number of nitrogens with one attached hydrogen (secondary N) is 2. The van der Waals surface area contributed by atoms with Crippen molar-refractivity contribution in [2.75, 3.05) is 31.4 Å². The molecule has 1 aliphatic heterocycles. The predicted molar refractivity (Wildman–Crippen MR) is 102 cm³/mol. The molecule has 1 heterocycles. The summed E-state index contributed by atoms with van der Waals surface area (Å²) >= 11 is 5.53. The van der Waals surface area contributed by atoms with Crippen LogP contribution in [0.2, 0.25) is 0 Å². The molecule has 0 saturated carbocycles. The van der Waals surface area contributed by atoms with Crippen molar-refractivity contribution in [1.82, 2.24) is 5.32 Å². The highest BCUT2D eigenvalue weighted by atomic mass is 32.1. The van der Waals surface area contributed by atoms with Gasteiger partial charge in [0.1, 0.15) is 5.75 Å². The molecule has 3 rings (SSSR count). The molecule has 4 nitrogen and oxygen atoms in total. The summed E-state index contributed by atoms with van der Waals surface area (Å²) in [5, 5.41) is 4.12. The number of hydrogen-bond donors (Lipinski definition) is 2. The second-order valence-electron chi connectivity index (χ2n) is 5.88. The molecule has 0 aliphatic carbocycles. The molecule has 0 radical (unpaired) electrons. The fourth-order valence-electron chi connectivity index (χ4n) is 2.93. The maximum absolute atomic E-state index is 5.76. The van der Waals surface area contributed by atoms with Crippen molar-refractivity contribution in [3.05, 3.63) is 60.2 Å². The molecule has 1 fully saturated rings. The van der Waals surface area contributed by atoms with E-state index >= 15 is 0 Å². The summed E-state index contributed by atoms with van der Waals surface area (Å²) in [5.74, 6) is 0.883. The van der Waals surface area contributed by atoms with Crippen molar-refractivity contribution in [3.8, 4) is 5.75 Å². The Bertz CT molecular complexity index is 677. The zero-order valence-corrected chi connectivity index (χ0v) is 14.8. The normalized spacial score (nSPS) is 17.5. The zero-order valence-electron chi connectivity index (χ0n) is 14.0. The van der Waals surface area contributed by atoms with Crippen molar-refractivity contribution in [3.63, 3.8) is 0 Å². The van der Waals surface area contributed by atoms with Crippen LogP contribution < -0.4 is 19.9 Å². The summed E-state index contributed by atoms with van der Waals surface area (Å²) in [6.07, 6.45) is 1.06. The van der Waals surface area contributed by atoms with Crippen LogP contribution in [-0.2, 0) is 6.42 Å². The van der Waals surface area contributed by atoms with E-state index in [1.54, 1.807) is 0 Å². The van der Waals surface area contributed by atoms with Crippen LogP contribution in [-0.4, -0.2) is 31.6 Å². The fraction of sp³-hybridized carbons (Fsp3) is 0.316. The first-order valence-electron chi connectivity index (χ1n) is 8.42. The first kappa shape index (κ1) is 16.7. The van der Waals surface area contributed by atoms with Crippen LogP contribution in [0.15, 0.2) is 54.6 Å². The highest BCUT2D eigenvalue weighted by molar-refractivity contribution is 7.80. The standard InChI is InChI=1S/C19H23N3OS/c1-2-23-18-11-7-6-10-17(18)22-15-21(14-20-19(22)24)13-12-16-8-4-3-5-9-16/h3-11H,2,12-15H2,1H3,(H,20,24)/p+1. The number of hydrogen-bond acceptors (Lipinski definition) is 2. The zero-order chi connectivity index (χ0) is 16.8. The molecule has 5 heteroatoms. The molecular formula is C19H24N3OS+. The molecule has 0 bridgehead atoms. The third kappa shape index (κ3) is 4.04. The minimum absolute atomic E-state index is 0.648. The minimum Gasteiger partial charge on any atom is -0.492 e. The van der Waals surface area contributed by atoms with Crippen LogP contribution >= 0.6 is 12.2 Å². The Balaban J connectivity index is 1.68. The maximum Gasteiger partial charge on any atom is 0.182 e. The number of thiocarbonyl (C=S) groups is 1. The Morgan fingerprint density at radius 1 is 1.12 bits per heavy atom. The van der Waals surface area contributed by atoms with E-state index in [4.69, 9.17) is 17.0 Å². The molecular weight excluding hydrogens is 318 g/mol. The molecule has 0 aromatic heterocycles. The van der Waals surface area contributed by atoms with Gasteiger partial charge in [0.05, 0.1) is 18.8 Å². The fourth-order valence-corrected chi connectivity index (χ4v) is 3.17. The quantitative estimate of drug-likeness (QED) is 0.784. The first-order valence-corrected chi connectivity index (χ1v) is 8.83. The van der Waals surface area contributed by atoms with Gasteiger partial charge < -0.3 is 15.0 Å². The molecule has 0 spiro atoms. The molecule has 1 saturated heterocycles. The van der Waals surface area contributed by atoms with Gasteiger partial charge in [-0.15, -0.1) is 0 Å². The number of anilines is 1. The molecule has 1 atom stereocenters. The monoisotopic (exact) mass is 342 g/mol. The smallest absolute Gasteiger partial charge is 0.182 e. The minimum atomic E-state index is 0.648. The second-order valence-corrected chi connectivity index (χ2v) is 6.27. The van der Waals surface area contributed by atoms with Gasteiger partial charge in [-0.05, 0) is 36.8 Å². The van der Waals surface area contributed by atoms with E-state index in [1.807, 2.05) is 25.1 Å². The number of para-hydroxylation sites is 2. The second kappa shape index (κ2) is 8.13. The Labute approximate surface area is 149 Å². The Kier molecular flexibility index (Phi) is 5.67. The molecule has 0 amide bonds. The van der Waals surface area contributed by atoms with E-state index in [-0.39, 0.29) is 0 Å². The predicted octanol–water partition coefficient (Wildman–Crippen LogP) is 1.82. The van der Waals surface area contributed by atoms with Gasteiger partial charge in [0.15, 0.2) is 18.4 Å². The third-order valence-corrected chi connectivity index (χ3v) is 4.55. The van der Waals surface area contributed by atoms with Gasteiger partial charge >= 0.3 is 0 Å². The molecule has 2 N–H and O–H groups in total. The van der Waals surface area contributed by atoms with E-state index in [2.05, 4.69) is 46.6 Å². The largest absolute Gasteiger partial charge is 0.492 e. The Morgan fingerprint density at radius 3 is 2.67 bits per heavy atom. The summed E-state index contributed by atoms with van der Waals surface area (Å²) in [5.41, 5.74) is 2.41. The molecule has 2 aromatic rings.